The molecule has 0 aromatic carbocycles. The van der Waals surface area contributed by atoms with E-state index in [2.05, 4.69) is 25.2 Å². The van der Waals surface area contributed by atoms with Gasteiger partial charge in [0.2, 0.25) is 5.91 Å². The van der Waals surface area contributed by atoms with Crippen LogP contribution in [-0.4, -0.2) is 25.8 Å². The molecule has 4 bridgehead atoms. The van der Waals surface area contributed by atoms with Gasteiger partial charge in [-0.15, -0.1) is 0 Å². The van der Waals surface area contributed by atoms with Crippen molar-refractivity contribution in [2.45, 2.75) is 70.4 Å². The van der Waals surface area contributed by atoms with Gasteiger partial charge in [0.15, 0.2) is 5.76 Å². The Bertz CT molecular complexity index is 813. The maximum absolute atomic E-state index is 12.8. The number of aryl methyl sites for hydroxylation is 1. The molecule has 2 aromatic heterocycles. The van der Waals surface area contributed by atoms with Gasteiger partial charge in [0, 0.05) is 12.5 Å². The standard InChI is InChI=1S/C20H27N5O2/c1-2-16-4-17(27-24-16)10-22-18(26)9-19-5-14-3-15(6-19)8-20(7-14,11-19)25-13-21-12-23-25/h4,12-15H,2-3,5-11H2,1H3,(H,22,26)/t14-,15-,19?,20?/m0/s1. The number of hydrogen-bond acceptors (Lipinski definition) is 5. The van der Waals surface area contributed by atoms with Gasteiger partial charge in [-0.2, -0.15) is 5.10 Å². The van der Waals surface area contributed by atoms with Crippen LogP contribution in [0.15, 0.2) is 23.2 Å². The van der Waals surface area contributed by atoms with Crippen LogP contribution >= 0.6 is 0 Å². The van der Waals surface area contributed by atoms with Crippen molar-refractivity contribution in [1.82, 2.24) is 25.2 Å². The predicted octanol–water partition coefficient (Wildman–Crippen LogP) is 2.83. The van der Waals surface area contributed by atoms with Crippen LogP contribution in [0.2, 0.25) is 0 Å². The van der Waals surface area contributed by atoms with Crippen LogP contribution in [0.4, 0.5) is 0 Å². The molecule has 2 heterocycles. The molecule has 0 unspecified atom stereocenters. The van der Waals surface area contributed by atoms with E-state index in [1.807, 2.05) is 19.3 Å². The lowest BCUT2D eigenvalue weighted by Crippen LogP contribution is -2.57. The first-order chi connectivity index (χ1) is 13.1. The van der Waals surface area contributed by atoms with E-state index >= 15 is 0 Å². The van der Waals surface area contributed by atoms with Gasteiger partial charge >= 0.3 is 0 Å². The molecule has 4 aliphatic rings. The Labute approximate surface area is 158 Å². The zero-order valence-electron chi connectivity index (χ0n) is 15.9. The van der Waals surface area contributed by atoms with E-state index in [9.17, 15) is 4.79 Å². The number of carbonyl (C=O) groups excluding carboxylic acids is 1. The molecule has 0 spiro atoms. The van der Waals surface area contributed by atoms with Crippen LogP contribution in [0.5, 0.6) is 0 Å². The van der Waals surface area contributed by atoms with Crippen LogP contribution in [0, 0.1) is 17.3 Å². The SMILES string of the molecule is CCc1cc(CNC(=O)CC23C[C@@H]4C[C@@H](C2)CC(n2cncn2)(C4)C3)on1. The highest BCUT2D eigenvalue weighted by atomic mass is 16.5. The van der Waals surface area contributed by atoms with Gasteiger partial charge in [0.1, 0.15) is 12.7 Å². The van der Waals surface area contributed by atoms with Gasteiger partial charge in [0.05, 0.1) is 17.8 Å². The summed E-state index contributed by atoms with van der Waals surface area (Å²) in [5.41, 5.74) is 1.10. The molecule has 4 saturated carbocycles. The van der Waals surface area contributed by atoms with Crippen molar-refractivity contribution in [2.75, 3.05) is 0 Å². The van der Waals surface area contributed by atoms with Gasteiger partial charge in [-0.3, -0.25) is 4.79 Å². The fourth-order valence-corrected chi connectivity index (χ4v) is 6.52. The smallest absolute Gasteiger partial charge is 0.220 e. The largest absolute Gasteiger partial charge is 0.359 e. The minimum atomic E-state index is 0.0713. The van der Waals surface area contributed by atoms with Crippen molar-refractivity contribution >= 4 is 5.91 Å². The summed E-state index contributed by atoms with van der Waals surface area (Å²) in [7, 11) is 0. The molecule has 0 saturated heterocycles. The lowest BCUT2D eigenvalue weighted by molar-refractivity contribution is -0.137. The van der Waals surface area contributed by atoms with E-state index in [-0.39, 0.29) is 16.9 Å². The predicted molar refractivity (Wildman–Crippen MR) is 97.5 cm³/mol. The molecule has 1 N–H and O–H groups in total. The van der Waals surface area contributed by atoms with Crippen LogP contribution in [0.25, 0.3) is 0 Å². The van der Waals surface area contributed by atoms with E-state index in [1.54, 1.807) is 6.33 Å². The van der Waals surface area contributed by atoms with E-state index in [0.717, 1.165) is 24.3 Å². The van der Waals surface area contributed by atoms with Crippen molar-refractivity contribution in [2.24, 2.45) is 17.3 Å². The van der Waals surface area contributed by atoms with Crippen molar-refractivity contribution in [3.05, 3.63) is 30.2 Å². The quantitative estimate of drug-likeness (QED) is 0.846. The molecular formula is C20H27N5O2. The second-order valence-corrected chi connectivity index (χ2v) is 9.12. The zero-order chi connectivity index (χ0) is 18.5. The highest BCUT2D eigenvalue weighted by Gasteiger charge is 2.59. The molecule has 0 radical (unpaired) electrons. The molecule has 7 heteroatoms. The molecule has 4 aliphatic carbocycles. The molecule has 2 atom stereocenters. The summed E-state index contributed by atoms with van der Waals surface area (Å²) < 4.78 is 7.38. The Kier molecular flexibility index (Phi) is 3.88. The summed E-state index contributed by atoms with van der Waals surface area (Å²) in [6.45, 7) is 2.46. The average molecular weight is 369 g/mol. The molecule has 144 valence electrons. The normalized spacial score (nSPS) is 34.1. The summed E-state index contributed by atoms with van der Waals surface area (Å²) >= 11 is 0. The van der Waals surface area contributed by atoms with Crippen LogP contribution in [0.3, 0.4) is 0 Å². The molecule has 27 heavy (non-hydrogen) atoms. The number of rotatable bonds is 6. The van der Waals surface area contributed by atoms with Gasteiger partial charge in [-0.05, 0) is 62.2 Å². The minimum Gasteiger partial charge on any atom is -0.359 e. The second kappa shape index (κ2) is 6.17. The molecule has 7 nitrogen and oxygen atoms in total. The summed E-state index contributed by atoms with van der Waals surface area (Å²) in [4.78, 5) is 17.0. The summed E-state index contributed by atoms with van der Waals surface area (Å²) in [6, 6.07) is 1.92. The average Bonchev–Trinajstić information content (AvgIpc) is 3.30. The van der Waals surface area contributed by atoms with Crippen LogP contribution < -0.4 is 5.32 Å². The van der Waals surface area contributed by atoms with E-state index in [0.29, 0.717) is 24.8 Å². The van der Waals surface area contributed by atoms with Crippen molar-refractivity contribution < 1.29 is 9.32 Å². The zero-order valence-corrected chi connectivity index (χ0v) is 15.9. The first-order valence-corrected chi connectivity index (χ1v) is 10.1. The maximum Gasteiger partial charge on any atom is 0.220 e. The van der Waals surface area contributed by atoms with Gasteiger partial charge in [-0.1, -0.05) is 12.1 Å². The Balaban J connectivity index is 1.29. The highest BCUT2D eigenvalue weighted by molar-refractivity contribution is 5.76. The van der Waals surface area contributed by atoms with Crippen LogP contribution in [0.1, 0.15) is 63.3 Å². The number of amides is 1. The lowest BCUT2D eigenvalue weighted by atomic mass is 9.46. The molecule has 4 fully saturated rings. The third-order valence-electron chi connectivity index (χ3n) is 7.02. The molecule has 0 aliphatic heterocycles. The number of hydrogen-bond donors (Lipinski definition) is 1. The fraction of sp³-hybridized carbons (Fsp3) is 0.700. The van der Waals surface area contributed by atoms with Gasteiger partial charge < -0.3 is 9.84 Å². The van der Waals surface area contributed by atoms with E-state index < -0.39 is 0 Å². The van der Waals surface area contributed by atoms with E-state index in [1.165, 1.54) is 32.1 Å². The molecule has 1 amide bonds. The Hall–Kier alpha value is -2.18. The van der Waals surface area contributed by atoms with Crippen LogP contribution in [-0.2, 0) is 23.3 Å². The number of nitrogens with zero attached hydrogens (tertiary/aromatic N) is 4. The van der Waals surface area contributed by atoms with E-state index in [4.69, 9.17) is 4.52 Å². The van der Waals surface area contributed by atoms with Crippen molar-refractivity contribution in [1.29, 1.82) is 0 Å². The van der Waals surface area contributed by atoms with Crippen molar-refractivity contribution in [3.8, 4) is 0 Å². The molecular weight excluding hydrogens is 342 g/mol. The third-order valence-corrected chi connectivity index (χ3v) is 7.02. The number of aromatic nitrogens is 4. The molecule has 6 rings (SSSR count). The first-order valence-electron chi connectivity index (χ1n) is 10.1. The number of nitrogens with one attached hydrogen (secondary N) is 1. The highest BCUT2D eigenvalue weighted by Crippen LogP contribution is 2.65. The maximum atomic E-state index is 12.8. The second-order valence-electron chi connectivity index (χ2n) is 9.12. The topological polar surface area (TPSA) is 85.8 Å². The van der Waals surface area contributed by atoms with Gasteiger partial charge in [0.25, 0.3) is 0 Å². The Morgan fingerprint density at radius 3 is 2.81 bits per heavy atom. The molecule has 2 aromatic rings. The number of carbonyl (C=O) groups is 1. The van der Waals surface area contributed by atoms with Crippen molar-refractivity contribution in [3.63, 3.8) is 0 Å². The fourth-order valence-electron chi connectivity index (χ4n) is 6.52. The monoisotopic (exact) mass is 369 g/mol. The summed E-state index contributed by atoms with van der Waals surface area (Å²) in [5, 5.41) is 11.5. The summed E-state index contributed by atoms with van der Waals surface area (Å²) in [6.07, 6.45) is 12.0. The minimum absolute atomic E-state index is 0.0713. The Morgan fingerprint density at radius 1 is 1.33 bits per heavy atom. The Morgan fingerprint density at radius 2 is 2.15 bits per heavy atom. The first kappa shape index (κ1) is 17.0. The lowest BCUT2D eigenvalue weighted by Gasteiger charge is -2.61. The van der Waals surface area contributed by atoms with Gasteiger partial charge in [-0.25, -0.2) is 9.67 Å². The summed E-state index contributed by atoms with van der Waals surface area (Å²) in [5.74, 6) is 2.28. The third kappa shape index (κ3) is 2.97.